The number of carbonyl (C=O) groups excluding carboxylic acids is 1. The van der Waals surface area contributed by atoms with Gasteiger partial charge in [0, 0.05) is 9.50 Å². The predicted octanol–water partition coefficient (Wildman–Crippen LogP) is 5.06. The molecule has 0 atom stereocenters. The fourth-order valence-electron chi connectivity index (χ4n) is 2.93. The summed E-state index contributed by atoms with van der Waals surface area (Å²) in [4.78, 5) is 12.7. The summed E-state index contributed by atoms with van der Waals surface area (Å²) in [6.07, 6.45) is 1.48. The van der Waals surface area contributed by atoms with Crippen molar-refractivity contribution in [3.8, 4) is 0 Å². The number of hydrogen-bond donors (Lipinski definition) is 1. The number of aryl methyl sites for hydroxylation is 2. The van der Waals surface area contributed by atoms with Crippen LogP contribution in [0.15, 0.2) is 81.2 Å². The Balaban J connectivity index is 1.87. The summed E-state index contributed by atoms with van der Waals surface area (Å²) in [6, 6.07) is 18.6. The van der Waals surface area contributed by atoms with Gasteiger partial charge in [0.1, 0.15) is 6.54 Å². The molecule has 0 aliphatic carbocycles. The number of hydrogen-bond acceptors (Lipinski definition) is 4. The summed E-state index contributed by atoms with van der Waals surface area (Å²) in [6.45, 7) is 3.16. The molecule has 0 aliphatic rings. The van der Waals surface area contributed by atoms with Gasteiger partial charge in [-0.15, -0.1) is 0 Å². The molecule has 0 heterocycles. The molecule has 1 N–H and O–H groups in total. The molecule has 0 fully saturated rings. The van der Waals surface area contributed by atoms with E-state index < -0.39 is 22.5 Å². The zero-order chi connectivity index (χ0) is 23.3. The van der Waals surface area contributed by atoms with E-state index in [9.17, 15) is 13.2 Å². The van der Waals surface area contributed by atoms with E-state index in [0.29, 0.717) is 16.3 Å². The second-order valence-corrected chi connectivity index (χ2v) is 10.3. The molecule has 0 aromatic heterocycles. The van der Waals surface area contributed by atoms with Crippen LogP contribution in [0.25, 0.3) is 0 Å². The van der Waals surface area contributed by atoms with Crippen LogP contribution in [0.1, 0.15) is 16.7 Å². The lowest BCUT2D eigenvalue weighted by atomic mass is 10.2. The lowest BCUT2D eigenvalue weighted by Crippen LogP contribution is -2.40. The number of nitrogens with one attached hydrogen (secondary N) is 1. The Kier molecular flexibility index (Phi) is 7.71. The maximum Gasteiger partial charge on any atom is 0.264 e. The standard InChI is InChI=1S/C23H21BrClN3O3S/c1-16-3-10-21(11-4-16)32(30,31)28(22-12-9-20(25)13-17(22)2)15-23(29)27-26-14-18-5-7-19(24)8-6-18/h3-14H,15H2,1-2H3,(H,27,29)/b26-14+. The van der Waals surface area contributed by atoms with Crippen LogP contribution in [0.2, 0.25) is 5.02 Å². The van der Waals surface area contributed by atoms with Gasteiger partial charge >= 0.3 is 0 Å². The maximum absolute atomic E-state index is 13.4. The van der Waals surface area contributed by atoms with Crippen LogP contribution in [-0.2, 0) is 14.8 Å². The fourth-order valence-corrected chi connectivity index (χ4v) is 4.91. The number of benzene rings is 3. The Hall–Kier alpha value is -2.68. The first-order valence-electron chi connectivity index (χ1n) is 9.60. The van der Waals surface area contributed by atoms with E-state index in [-0.39, 0.29) is 4.90 Å². The normalized spacial score (nSPS) is 11.5. The smallest absolute Gasteiger partial charge is 0.264 e. The molecule has 0 unspecified atom stereocenters. The molecule has 3 aromatic rings. The van der Waals surface area contributed by atoms with Crippen molar-refractivity contribution in [2.75, 3.05) is 10.8 Å². The Morgan fingerprint density at radius 2 is 1.72 bits per heavy atom. The highest BCUT2D eigenvalue weighted by Crippen LogP contribution is 2.29. The molecule has 0 spiro atoms. The van der Waals surface area contributed by atoms with Crippen molar-refractivity contribution >= 4 is 55.4 Å². The minimum atomic E-state index is -4.01. The summed E-state index contributed by atoms with van der Waals surface area (Å²) in [5, 5.41) is 4.41. The highest BCUT2D eigenvalue weighted by molar-refractivity contribution is 9.10. The summed E-state index contributed by atoms with van der Waals surface area (Å²) >= 11 is 9.40. The second-order valence-electron chi connectivity index (χ2n) is 7.10. The second kappa shape index (κ2) is 10.3. The van der Waals surface area contributed by atoms with E-state index in [1.54, 1.807) is 37.3 Å². The van der Waals surface area contributed by atoms with Gasteiger partial charge in [0.15, 0.2) is 0 Å². The molecular weight excluding hydrogens is 514 g/mol. The van der Waals surface area contributed by atoms with Crippen LogP contribution in [0.4, 0.5) is 5.69 Å². The highest BCUT2D eigenvalue weighted by atomic mass is 79.9. The molecule has 0 radical (unpaired) electrons. The highest BCUT2D eigenvalue weighted by Gasteiger charge is 2.28. The number of sulfonamides is 1. The SMILES string of the molecule is Cc1ccc(S(=O)(=O)N(CC(=O)N/N=C/c2ccc(Br)cc2)c2ccc(Cl)cc2C)cc1. The zero-order valence-electron chi connectivity index (χ0n) is 17.4. The molecule has 166 valence electrons. The van der Waals surface area contributed by atoms with Gasteiger partial charge in [0.05, 0.1) is 16.8 Å². The molecule has 3 rings (SSSR count). The first-order chi connectivity index (χ1) is 15.2. The molecule has 0 saturated carbocycles. The van der Waals surface area contributed by atoms with Crippen molar-refractivity contribution in [2.45, 2.75) is 18.7 Å². The van der Waals surface area contributed by atoms with Gasteiger partial charge in [-0.1, -0.05) is 57.4 Å². The summed E-state index contributed by atoms with van der Waals surface area (Å²) in [7, 11) is -4.01. The molecular formula is C23H21BrClN3O3S. The van der Waals surface area contributed by atoms with E-state index in [1.807, 2.05) is 31.2 Å². The lowest BCUT2D eigenvalue weighted by Gasteiger charge is -2.25. The van der Waals surface area contributed by atoms with Crippen LogP contribution in [0.3, 0.4) is 0 Å². The van der Waals surface area contributed by atoms with Crippen molar-refractivity contribution in [3.63, 3.8) is 0 Å². The largest absolute Gasteiger partial charge is 0.271 e. The van der Waals surface area contributed by atoms with E-state index in [2.05, 4.69) is 26.5 Å². The van der Waals surface area contributed by atoms with E-state index in [1.165, 1.54) is 18.3 Å². The Morgan fingerprint density at radius 3 is 2.34 bits per heavy atom. The van der Waals surface area contributed by atoms with Crippen molar-refractivity contribution < 1.29 is 13.2 Å². The Morgan fingerprint density at radius 1 is 1.06 bits per heavy atom. The van der Waals surface area contributed by atoms with Crippen LogP contribution in [0, 0.1) is 13.8 Å². The Labute approximate surface area is 201 Å². The monoisotopic (exact) mass is 533 g/mol. The van der Waals surface area contributed by atoms with E-state index in [0.717, 1.165) is 19.9 Å². The van der Waals surface area contributed by atoms with Gasteiger partial charge in [-0.25, -0.2) is 13.8 Å². The minimum Gasteiger partial charge on any atom is -0.271 e. The molecule has 6 nitrogen and oxygen atoms in total. The van der Waals surface area contributed by atoms with Crippen LogP contribution in [0.5, 0.6) is 0 Å². The Bertz CT molecular complexity index is 1240. The van der Waals surface area contributed by atoms with Gasteiger partial charge in [0.25, 0.3) is 15.9 Å². The topological polar surface area (TPSA) is 78.8 Å². The first kappa shape index (κ1) is 24.0. The number of nitrogens with zero attached hydrogens (tertiary/aromatic N) is 2. The number of anilines is 1. The third-order valence-electron chi connectivity index (χ3n) is 4.60. The first-order valence-corrected chi connectivity index (χ1v) is 12.2. The lowest BCUT2D eigenvalue weighted by molar-refractivity contribution is -0.119. The maximum atomic E-state index is 13.4. The summed E-state index contributed by atoms with van der Waals surface area (Å²) < 4.78 is 28.8. The average molecular weight is 535 g/mol. The van der Waals surface area contributed by atoms with Gasteiger partial charge < -0.3 is 0 Å². The molecule has 0 saturated heterocycles. The minimum absolute atomic E-state index is 0.0867. The van der Waals surface area contributed by atoms with Gasteiger partial charge in [-0.3, -0.25) is 9.10 Å². The zero-order valence-corrected chi connectivity index (χ0v) is 20.6. The molecule has 9 heteroatoms. The van der Waals surface area contributed by atoms with E-state index in [4.69, 9.17) is 11.6 Å². The molecule has 0 bridgehead atoms. The number of amides is 1. The third-order valence-corrected chi connectivity index (χ3v) is 7.13. The third kappa shape index (κ3) is 5.97. The molecule has 1 amide bonds. The average Bonchev–Trinajstić information content (AvgIpc) is 2.74. The van der Waals surface area contributed by atoms with Crippen LogP contribution >= 0.6 is 27.5 Å². The fraction of sp³-hybridized carbons (Fsp3) is 0.130. The van der Waals surface area contributed by atoms with Crippen molar-refractivity contribution in [1.29, 1.82) is 0 Å². The van der Waals surface area contributed by atoms with Gasteiger partial charge in [-0.05, 0) is 67.4 Å². The molecule has 0 aliphatic heterocycles. The molecule has 3 aromatic carbocycles. The van der Waals surface area contributed by atoms with Crippen molar-refractivity contribution in [3.05, 3.63) is 92.9 Å². The molecule has 32 heavy (non-hydrogen) atoms. The van der Waals surface area contributed by atoms with E-state index >= 15 is 0 Å². The summed E-state index contributed by atoms with van der Waals surface area (Å²) in [5.74, 6) is -0.580. The predicted molar refractivity (Wildman–Crippen MR) is 132 cm³/mol. The summed E-state index contributed by atoms with van der Waals surface area (Å²) in [5.41, 5.74) is 5.10. The number of carbonyl (C=O) groups is 1. The van der Waals surface area contributed by atoms with Gasteiger partial charge in [0.2, 0.25) is 0 Å². The van der Waals surface area contributed by atoms with Crippen molar-refractivity contribution in [2.24, 2.45) is 5.10 Å². The van der Waals surface area contributed by atoms with Gasteiger partial charge in [-0.2, -0.15) is 5.10 Å². The van der Waals surface area contributed by atoms with Crippen LogP contribution < -0.4 is 9.73 Å². The van der Waals surface area contributed by atoms with Crippen LogP contribution in [-0.4, -0.2) is 27.1 Å². The number of rotatable bonds is 7. The number of hydrazone groups is 1. The number of halogens is 2. The quantitative estimate of drug-likeness (QED) is 0.340. The van der Waals surface area contributed by atoms with Crippen molar-refractivity contribution in [1.82, 2.24) is 5.43 Å².